The first-order valence-corrected chi connectivity index (χ1v) is 8.99. The molecule has 0 amide bonds. The summed E-state index contributed by atoms with van der Waals surface area (Å²) in [6.07, 6.45) is 2.61. The number of carbonyl (C=O) groups excluding carboxylic acids is 1. The molecule has 2 aliphatic rings. The molecule has 1 aliphatic carbocycles. The predicted molar refractivity (Wildman–Crippen MR) is 95.0 cm³/mol. The highest BCUT2D eigenvalue weighted by Gasteiger charge is 2.58. The Hall–Kier alpha value is -1.30. The van der Waals surface area contributed by atoms with Gasteiger partial charge >= 0.3 is 5.97 Å². The quantitative estimate of drug-likeness (QED) is 0.482. The number of esters is 1. The maximum Gasteiger partial charge on any atom is 0.309 e. The highest BCUT2D eigenvalue weighted by Crippen LogP contribution is 2.51. The van der Waals surface area contributed by atoms with Crippen molar-refractivity contribution in [2.75, 3.05) is 33.9 Å². The standard InChI is InChI=1S/C18H33N3O3/c1-7-24-15(22)13-8-10-21(11-9-13)16(19-5)20-14-12-18(4,23-6)17(14,2)3/h13-14H,7-12H2,1-6H3,(H,19,20). The lowest BCUT2D eigenvalue weighted by molar-refractivity contribution is -0.177. The second-order valence-electron chi connectivity index (χ2n) is 7.62. The normalized spacial score (nSPS) is 30.7. The Bertz CT molecular complexity index is 484. The number of hydrogen-bond donors (Lipinski definition) is 1. The number of hydrogen-bond acceptors (Lipinski definition) is 4. The maximum atomic E-state index is 11.9. The number of guanidine groups is 1. The first-order valence-electron chi connectivity index (χ1n) is 8.99. The van der Waals surface area contributed by atoms with Crippen molar-refractivity contribution >= 4 is 11.9 Å². The van der Waals surface area contributed by atoms with Crippen molar-refractivity contribution in [2.45, 2.75) is 58.6 Å². The minimum atomic E-state index is -0.0968. The number of rotatable bonds is 4. The van der Waals surface area contributed by atoms with Gasteiger partial charge in [0.15, 0.2) is 5.96 Å². The van der Waals surface area contributed by atoms with Crippen molar-refractivity contribution in [1.29, 1.82) is 0 Å². The molecule has 1 saturated heterocycles. The van der Waals surface area contributed by atoms with Gasteiger partial charge in [0.1, 0.15) is 0 Å². The van der Waals surface area contributed by atoms with Crippen LogP contribution in [0.3, 0.4) is 0 Å². The molecule has 6 nitrogen and oxygen atoms in total. The summed E-state index contributed by atoms with van der Waals surface area (Å²) in [5.74, 6) is 0.890. The van der Waals surface area contributed by atoms with E-state index in [0.717, 1.165) is 38.3 Å². The van der Waals surface area contributed by atoms with E-state index in [9.17, 15) is 4.79 Å². The first-order chi connectivity index (χ1) is 11.3. The Morgan fingerprint density at radius 2 is 1.92 bits per heavy atom. The fraction of sp³-hybridized carbons (Fsp3) is 0.889. The van der Waals surface area contributed by atoms with Gasteiger partial charge in [0.25, 0.3) is 0 Å². The Morgan fingerprint density at radius 3 is 2.38 bits per heavy atom. The molecular weight excluding hydrogens is 306 g/mol. The fourth-order valence-electron chi connectivity index (χ4n) is 3.76. The minimum Gasteiger partial charge on any atom is -0.466 e. The Balaban J connectivity index is 1.90. The van der Waals surface area contributed by atoms with Gasteiger partial charge in [-0.25, -0.2) is 0 Å². The molecule has 0 aromatic carbocycles. The highest BCUT2D eigenvalue weighted by molar-refractivity contribution is 5.81. The number of aliphatic imine (C=N–C) groups is 1. The van der Waals surface area contributed by atoms with Crippen LogP contribution < -0.4 is 5.32 Å². The molecule has 1 heterocycles. The predicted octanol–water partition coefficient (Wildman–Crippen LogP) is 2.04. The Kier molecular flexibility index (Phi) is 5.78. The van der Waals surface area contributed by atoms with Gasteiger partial charge < -0.3 is 19.7 Å². The summed E-state index contributed by atoms with van der Waals surface area (Å²) in [5, 5.41) is 3.60. The highest BCUT2D eigenvalue weighted by atomic mass is 16.5. The molecule has 0 bridgehead atoms. The number of methoxy groups -OCH3 is 1. The van der Waals surface area contributed by atoms with Gasteiger partial charge in [-0.15, -0.1) is 0 Å². The van der Waals surface area contributed by atoms with Crippen molar-refractivity contribution in [3.8, 4) is 0 Å². The number of nitrogens with one attached hydrogen (secondary N) is 1. The van der Waals surface area contributed by atoms with Crippen molar-refractivity contribution in [1.82, 2.24) is 10.2 Å². The summed E-state index contributed by atoms with van der Waals surface area (Å²) in [6.45, 7) is 10.6. The zero-order valence-electron chi connectivity index (χ0n) is 16.0. The van der Waals surface area contributed by atoms with Gasteiger partial charge in [-0.1, -0.05) is 13.8 Å². The van der Waals surface area contributed by atoms with E-state index in [1.807, 2.05) is 14.0 Å². The molecular formula is C18H33N3O3. The lowest BCUT2D eigenvalue weighted by atomic mass is 9.56. The second kappa shape index (κ2) is 7.30. The summed E-state index contributed by atoms with van der Waals surface area (Å²) in [4.78, 5) is 18.6. The number of likely N-dealkylation sites (tertiary alicyclic amines) is 1. The summed E-state index contributed by atoms with van der Waals surface area (Å²) in [5.41, 5.74) is -0.0542. The monoisotopic (exact) mass is 339 g/mol. The van der Waals surface area contributed by atoms with Crippen LogP contribution >= 0.6 is 0 Å². The zero-order chi connectivity index (χ0) is 18.0. The molecule has 0 aromatic rings. The molecule has 1 saturated carbocycles. The van der Waals surface area contributed by atoms with Crippen LogP contribution in [0.15, 0.2) is 4.99 Å². The van der Waals surface area contributed by atoms with E-state index in [2.05, 4.69) is 36.0 Å². The number of piperidine rings is 1. The van der Waals surface area contributed by atoms with Gasteiger partial charge in [0.05, 0.1) is 18.1 Å². The van der Waals surface area contributed by atoms with Gasteiger partial charge in [-0.05, 0) is 33.1 Å². The van der Waals surface area contributed by atoms with E-state index >= 15 is 0 Å². The summed E-state index contributed by atoms with van der Waals surface area (Å²) >= 11 is 0. The van der Waals surface area contributed by atoms with E-state index in [4.69, 9.17) is 9.47 Å². The summed E-state index contributed by atoms with van der Waals surface area (Å²) in [6, 6.07) is 0.337. The molecule has 1 N–H and O–H groups in total. The lowest BCUT2D eigenvalue weighted by Gasteiger charge is -2.59. The molecule has 1 aliphatic heterocycles. The molecule has 0 spiro atoms. The molecule has 2 atom stereocenters. The van der Waals surface area contributed by atoms with Crippen molar-refractivity contribution in [3.63, 3.8) is 0 Å². The van der Waals surface area contributed by atoms with Crippen LogP contribution in [0, 0.1) is 11.3 Å². The van der Waals surface area contributed by atoms with Gasteiger partial charge in [0, 0.05) is 38.7 Å². The van der Waals surface area contributed by atoms with E-state index in [1.165, 1.54) is 0 Å². The fourth-order valence-corrected chi connectivity index (χ4v) is 3.76. The van der Waals surface area contributed by atoms with Crippen LogP contribution in [0.2, 0.25) is 0 Å². The molecule has 2 unspecified atom stereocenters. The van der Waals surface area contributed by atoms with Crippen LogP contribution in [0.1, 0.15) is 47.0 Å². The Morgan fingerprint density at radius 1 is 1.29 bits per heavy atom. The Labute approximate surface area is 146 Å². The average molecular weight is 339 g/mol. The van der Waals surface area contributed by atoms with E-state index in [0.29, 0.717) is 12.6 Å². The zero-order valence-corrected chi connectivity index (χ0v) is 16.0. The molecule has 138 valence electrons. The first kappa shape index (κ1) is 19.0. The van der Waals surface area contributed by atoms with Crippen LogP contribution in [-0.2, 0) is 14.3 Å². The molecule has 24 heavy (non-hydrogen) atoms. The third-order valence-electron chi connectivity index (χ3n) is 6.21. The largest absolute Gasteiger partial charge is 0.466 e. The second-order valence-corrected chi connectivity index (χ2v) is 7.62. The van der Waals surface area contributed by atoms with E-state index in [-0.39, 0.29) is 22.9 Å². The topological polar surface area (TPSA) is 63.2 Å². The van der Waals surface area contributed by atoms with Gasteiger partial charge in [-0.2, -0.15) is 0 Å². The third-order valence-corrected chi connectivity index (χ3v) is 6.21. The minimum absolute atomic E-state index is 0.0243. The van der Waals surface area contributed by atoms with Gasteiger partial charge in [0.2, 0.25) is 0 Å². The van der Waals surface area contributed by atoms with Crippen LogP contribution in [0.25, 0.3) is 0 Å². The molecule has 6 heteroatoms. The van der Waals surface area contributed by atoms with Crippen molar-refractivity contribution in [2.24, 2.45) is 16.3 Å². The molecule has 2 rings (SSSR count). The van der Waals surface area contributed by atoms with E-state index in [1.54, 1.807) is 7.11 Å². The average Bonchev–Trinajstić information content (AvgIpc) is 2.58. The van der Waals surface area contributed by atoms with Crippen LogP contribution in [0.5, 0.6) is 0 Å². The smallest absolute Gasteiger partial charge is 0.309 e. The molecule has 2 fully saturated rings. The summed E-state index contributed by atoms with van der Waals surface area (Å²) in [7, 11) is 3.61. The molecule has 0 radical (unpaired) electrons. The van der Waals surface area contributed by atoms with Crippen molar-refractivity contribution in [3.05, 3.63) is 0 Å². The van der Waals surface area contributed by atoms with E-state index < -0.39 is 0 Å². The SMILES string of the molecule is CCOC(=O)C1CCN(C(=NC)NC2CC(C)(OC)C2(C)C)CC1. The van der Waals surface area contributed by atoms with Crippen LogP contribution in [0.4, 0.5) is 0 Å². The number of ether oxygens (including phenoxy) is 2. The van der Waals surface area contributed by atoms with Gasteiger partial charge in [-0.3, -0.25) is 9.79 Å². The maximum absolute atomic E-state index is 11.9. The third kappa shape index (κ3) is 3.39. The number of carbonyl (C=O) groups is 1. The van der Waals surface area contributed by atoms with Crippen LogP contribution in [-0.4, -0.2) is 62.3 Å². The number of nitrogens with zero attached hydrogens (tertiary/aromatic N) is 2. The summed E-state index contributed by atoms with van der Waals surface area (Å²) < 4.78 is 10.8. The van der Waals surface area contributed by atoms with Crippen molar-refractivity contribution < 1.29 is 14.3 Å². The molecule has 0 aromatic heterocycles. The lowest BCUT2D eigenvalue weighted by Crippen LogP contribution is -2.69.